The summed E-state index contributed by atoms with van der Waals surface area (Å²) in [6.45, 7) is 11.6. The van der Waals surface area contributed by atoms with Crippen LogP contribution in [0.5, 0.6) is 11.5 Å². The van der Waals surface area contributed by atoms with Crippen LogP contribution in [-0.2, 0) is 6.54 Å². The lowest BCUT2D eigenvalue weighted by atomic mass is 9.82. The molecule has 1 aromatic carbocycles. The van der Waals surface area contributed by atoms with Crippen LogP contribution in [-0.4, -0.2) is 67.5 Å². The Balaban J connectivity index is 1.90. The Labute approximate surface area is 169 Å². The maximum atomic E-state index is 10.2. The second-order valence-corrected chi connectivity index (χ2v) is 7.88. The number of likely N-dealkylation sites (N-methyl/N-ethyl adjacent to an activating group) is 1. The van der Waals surface area contributed by atoms with Gasteiger partial charge in [-0.05, 0) is 63.6 Å². The fraction of sp³-hybridized carbons (Fsp3) is 0.682. The number of aliphatic hydroxyl groups excluding tert-OH is 1. The van der Waals surface area contributed by atoms with Crippen molar-refractivity contribution in [2.45, 2.75) is 46.3 Å². The highest BCUT2D eigenvalue weighted by molar-refractivity contribution is 5.43. The van der Waals surface area contributed by atoms with E-state index in [-0.39, 0.29) is 12.0 Å². The molecule has 0 unspecified atom stereocenters. The van der Waals surface area contributed by atoms with Gasteiger partial charge in [-0.15, -0.1) is 0 Å². The predicted octanol–water partition coefficient (Wildman–Crippen LogP) is 2.90. The molecule has 28 heavy (non-hydrogen) atoms. The van der Waals surface area contributed by atoms with Crippen LogP contribution in [0.2, 0.25) is 0 Å². The molecule has 1 aromatic rings. The molecule has 0 aromatic heterocycles. The number of hydrogen-bond donors (Lipinski definition) is 1. The highest BCUT2D eigenvalue weighted by Crippen LogP contribution is 2.32. The Morgan fingerprint density at radius 3 is 2.50 bits per heavy atom. The van der Waals surface area contributed by atoms with Crippen molar-refractivity contribution in [3.63, 3.8) is 0 Å². The largest absolute Gasteiger partial charge is 0.493 e. The zero-order valence-electron chi connectivity index (χ0n) is 17.8. The highest BCUT2D eigenvalue weighted by Gasteiger charge is 2.29. The van der Waals surface area contributed by atoms with Gasteiger partial charge in [-0.25, -0.2) is 0 Å². The molecule has 0 amide bonds. The van der Waals surface area contributed by atoms with Crippen molar-refractivity contribution >= 4 is 0 Å². The number of aliphatic hydroxyl groups is 1. The summed E-state index contributed by atoms with van der Waals surface area (Å²) in [5.41, 5.74) is 0.978. The number of piperidine rings is 1. The van der Waals surface area contributed by atoms with Crippen molar-refractivity contribution < 1.29 is 14.6 Å². The average molecular weight is 390 g/mol. The second-order valence-electron chi connectivity index (χ2n) is 7.88. The van der Waals surface area contributed by atoms with Crippen LogP contribution in [0.25, 0.3) is 0 Å². The fourth-order valence-corrected chi connectivity index (χ4v) is 3.52. The molecule has 6 nitrogen and oxygen atoms in total. The van der Waals surface area contributed by atoms with Gasteiger partial charge in [0.15, 0.2) is 11.5 Å². The maximum absolute atomic E-state index is 10.2. The first-order valence-electron chi connectivity index (χ1n) is 10.3. The van der Waals surface area contributed by atoms with Crippen molar-refractivity contribution in [1.82, 2.24) is 9.80 Å². The first kappa shape index (κ1) is 22.5. The normalized spacial score (nSPS) is 17.9. The van der Waals surface area contributed by atoms with Gasteiger partial charge in [-0.1, -0.05) is 19.9 Å². The van der Waals surface area contributed by atoms with Gasteiger partial charge in [-0.3, -0.25) is 4.90 Å². The molecule has 1 atom stereocenters. The van der Waals surface area contributed by atoms with Gasteiger partial charge >= 0.3 is 0 Å². The van der Waals surface area contributed by atoms with E-state index in [2.05, 4.69) is 29.7 Å². The summed E-state index contributed by atoms with van der Waals surface area (Å²) in [5.74, 6) is 1.34. The van der Waals surface area contributed by atoms with Gasteiger partial charge < -0.3 is 19.5 Å². The number of ether oxygens (including phenoxy) is 2. The van der Waals surface area contributed by atoms with Crippen molar-refractivity contribution in [3.05, 3.63) is 23.8 Å². The van der Waals surface area contributed by atoms with Crippen molar-refractivity contribution in [3.8, 4) is 17.6 Å². The van der Waals surface area contributed by atoms with E-state index in [1.54, 1.807) is 7.11 Å². The molecule has 6 heteroatoms. The van der Waals surface area contributed by atoms with E-state index in [9.17, 15) is 10.4 Å². The van der Waals surface area contributed by atoms with Crippen LogP contribution in [0.1, 0.15) is 39.2 Å². The van der Waals surface area contributed by atoms with E-state index in [0.29, 0.717) is 18.0 Å². The Kier molecular flexibility index (Phi) is 8.56. The van der Waals surface area contributed by atoms with E-state index in [0.717, 1.165) is 51.1 Å². The Bertz CT molecular complexity index is 647. The molecule has 1 fully saturated rings. The van der Waals surface area contributed by atoms with Gasteiger partial charge in [0.2, 0.25) is 0 Å². The first-order chi connectivity index (χ1) is 13.4. The maximum Gasteiger partial charge on any atom is 0.161 e. The second kappa shape index (κ2) is 10.7. The number of methoxy groups -OCH3 is 1. The van der Waals surface area contributed by atoms with Crippen LogP contribution in [0.3, 0.4) is 0 Å². The number of hydrogen-bond acceptors (Lipinski definition) is 6. The fourth-order valence-electron chi connectivity index (χ4n) is 3.52. The van der Waals surface area contributed by atoms with Gasteiger partial charge in [0.1, 0.15) is 12.7 Å². The monoisotopic (exact) mass is 389 g/mol. The minimum Gasteiger partial charge on any atom is -0.493 e. The van der Waals surface area contributed by atoms with Crippen LogP contribution in [0, 0.1) is 16.7 Å². The van der Waals surface area contributed by atoms with E-state index in [1.807, 2.05) is 25.1 Å². The quantitative estimate of drug-likeness (QED) is 0.664. The SMILES string of the molecule is CCN(CC)C[C@H](O)COc1ccc(CN2CCC(C)(C#N)CC2)cc1OC. The molecule has 1 heterocycles. The lowest BCUT2D eigenvalue weighted by Gasteiger charge is -2.35. The first-order valence-corrected chi connectivity index (χ1v) is 10.3. The topological polar surface area (TPSA) is 69.0 Å². The Morgan fingerprint density at radius 2 is 1.93 bits per heavy atom. The Morgan fingerprint density at radius 1 is 1.25 bits per heavy atom. The smallest absolute Gasteiger partial charge is 0.161 e. The molecule has 156 valence electrons. The third-order valence-corrected chi connectivity index (χ3v) is 5.66. The molecule has 0 aliphatic carbocycles. The molecule has 0 radical (unpaired) electrons. The Hall–Kier alpha value is -1.81. The number of likely N-dealkylation sites (tertiary alicyclic amines) is 1. The third kappa shape index (κ3) is 6.37. The number of nitriles is 1. The van der Waals surface area contributed by atoms with Gasteiger partial charge in [-0.2, -0.15) is 5.26 Å². The van der Waals surface area contributed by atoms with Crippen LogP contribution in [0.15, 0.2) is 18.2 Å². The molecule has 1 saturated heterocycles. The zero-order valence-corrected chi connectivity index (χ0v) is 17.8. The number of benzene rings is 1. The van der Waals surface area contributed by atoms with E-state index >= 15 is 0 Å². The highest BCUT2D eigenvalue weighted by atomic mass is 16.5. The molecule has 1 N–H and O–H groups in total. The summed E-state index contributed by atoms with van der Waals surface area (Å²) in [6, 6.07) is 8.42. The molecule has 1 aliphatic rings. The summed E-state index contributed by atoms with van der Waals surface area (Å²) in [6.07, 6.45) is 1.28. The molecule has 2 rings (SSSR count). The lowest BCUT2D eigenvalue weighted by molar-refractivity contribution is 0.0705. The predicted molar refractivity (Wildman–Crippen MR) is 111 cm³/mol. The number of rotatable bonds is 10. The van der Waals surface area contributed by atoms with E-state index in [4.69, 9.17) is 9.47 Å². The molecular weight excluding hydrogens is 354 g/mol. The van der Waals surface area contributed by atoms with Gasteiger partial charge in [0.25, 0.3) is 0 Å². The van der Waals surface area contributed by atoms with Crippen LogP contribution < -0.4 is 9.47 Å². The molecule has 0 spiro atoms. The van der Waals surface area contributed by atoms with E-state index in [1.165, 1.54) is 0 Å². The molecule has 1 aliphatic heterocycles. The van der Waals surface area contributed by atoms with Gasteiger partial charge in [0.05, 0.1) is 18.6 Å². The number of nitrogens with zero attached hydrogens (tertiary/aromatic N) is 3. The van der Waals surface area contributed by atoms with Crippen LogP contribution >= 0.6 is 0 Å². The van der Waals surface area contributed by atoms with Crippen molar-refractivity contribution in [2.75, 3.05) is 46.4 Å². The molecular formula is C22H35N3O3. The minimum atomic E-state index is -0.535. The van der Waals surface area contributed by atoms with Crippen molar-refractivity contribution in [2.24, 2.45) is 5.41 Å². The average Bonchev–Trinajstić information content (AvgIpc) is 2.72. The standard InChI is InChI=1S/C22H35N3O3/c1-5-24(6-2)15-19(26)16-28-20-8-7-18(13-21(20)27-4)14-25-11-9-22(3,17-23)10-12-25/h7-8,13,19,26H,5-6,9-12,14-16H2,1-4H3/t19-/m0/s1. The van der Waals surface area contributed by atoms with Crippen molar-refractivity contribution in [1.29, 1.82) is 5.26 Å². The zero-order chi connectivity index (χ0) is 20.6. The lowest BCUT2D eigenvalue weighted by Crippen LogP contribution is -2.37. The molecule has 0 saturated carbocycles. The van der Waals surface area contributed by atoms with E-state index < -0.39 is 6.10 Å². The summed E-state index contributed by atoms with van der Waals surface area (Å²) in [4.78, 5) is 4.55. The minimum absolute atomic E-state index is 0.183. The van der Waals surface area contributed by atoms with Gasteiger partial charge in [0, 0.05) is 13.1 Å². The third-order valence-electron chi connectivity index (χ3n) is 5.66. The van der Waals surface area contributed by atoms with Crippen LogP contribution in [0.4, 0.5) is 0 Å². The summed E-state index contributed by atoms with van der Waals surface area (Å²) in [7, 11) is 1.64. The summed E-state index contributed by atoms with van der Waals surface area (Å²) < 4.78 is 11.3. The summed E-state index contributed by atoms with van der Waals surface area (Å²) >= 11 is 0. The molecule has 0 bridgehead atoms. The summed E-state index contributed by atoms with van der Waals surface area (Å²) in [5, 5.41) is 19.5.